The van der Waals surface area contributed by atoms with E-state index in [4.69, 9.17) is 0 Å². The minimum atomic E-state index is -0.354. The number of anilines is 1. The summed E-state index contributed by atoms with van der Waals surface area (Å²) in [7, 11) is 0. The Bertz CT molecular complexity index is 433. The van der Waals surface area contributed by atoms with Gasteiger partial charge in [0.2, 0.25) is 5.91 Å². The number of hydrogen-bond acceptors (Lipinski definition) is 2. The fourth-order valence-electron chi connectivity index (χ4n) is 2.20. The molecule has 4 heteroatoms. The molecule has 0 bridgehead atoms. The summed E-state index contributed by atoms with van der Waals surface area (Å²) in [4.78, 5) is 11.8. The van der Waals surface area contributed by atoms with Crippen molar-refractivity contribution < 1.29 is 9.18 Å². The van der Waals surface area contributed by atoms with Crippen molar-refractivity contribution in [1.82, 2.24) is 5.32 Å². The lowest BCUT2D eigenvalue weighted by Gasteiger charge is -2.17. The largest absolute Gasteiger partial charge is 0.324 e. The van der Waals surface area contributed by atoms with Crippen LogP contribution in [0.4, 0.5) is 10.1 Å². The van der Waals surface area contributed by atoms with Crippen molar-refractivity contribution in [3.05, 3.63) is 29.6 Å². The van der Waals surface area contributed by atoms with Crippen LogP contribution in [0, 0.1) is 5.82 Å². The third-order valence-corrected chi connectivity index (χ3v) is 3.02. The second-order valence-electron chi connectivity index (χ2n) is 4.51. The number of carbonyl (C=O) groups excluding carboxylic acids is 1. The first kappa shape index (κ1) is 12.0. The van der Waals surface area contributed by atoms with Gasteiger partial charge in [-0.1, -0.05) is 19.4 Å². The third-order valence-electron chi connectivity index (χ3n) is 3.02. The smallest absolute Gasteiger partial charge is 0.246 e. The van der Waals surface area contributed by atoms with E-state index in [1.165, 1.54) is 12.1 Å². The van der Waals surface area contributed by atoms with Gasteiger partial charge in [0, 0.05) is 17.3 Å². The Morgan fingerprint density at radius 2 is 2.29 bits per heavy atom. The first-order valence-corrected chi connectivity index (χ1v) is 5.98. The Balaban J connectivity index is 2.17. The van der Waals surface area contributed by atoms with Gasteiger partial charge in [0.05, 0.1) is 0 Å². The summed E-state index contributed by atoms with van der Waals surface area (Å²) in [6.07, 6.45) is 2.08. The number of amides is 1. The van der Waals surface area contributed by atoms with Gasteiger partial charge in [-0.05, 0) is 25.5 Å². The predicted molar refractivity (Wildman–Crippen MR) is 65.3 cm³/mol. The maximum absolute atomic E-state index is 13.0. The van der Waals surface area contributed by atoms with Gasteiger partial charge in [-0.3, -0.25) is 10.1 Å². The molecule has 0 fully saturated rings. The van der Waals surface area contributed by atoms with Crippen LogP contribution in [0.2, 0.25) is 0 Å². The Kier molecular flexibility index (Phi) is 3.43. The molecule has 1 aliphatic rings. The Morgan fingerprint density at radius 1 is 1.53 bits per heavy atom. The van der Waals surface area contributed by atoms with Crippen LogP contribution in [0.15, 0.2) is 18.2 Å². The van der Waals surface area contributed by atoms with E-state index in [1.54, 1.807) is 6.07 Å². The van der Waals surface area contributed by atoms with Gasteiger partial charge < -0.3 is 5.32 Å². The average Bonchev–Trinajstić information content (AvgIpc) is 2.55. The molecular weight excluding hydrogens is 219 g/mol. The van der Waals surface area contributed by atoms with Crippen LogP contribution >= 0.6 is 0 Å². The molecule has 0 aliphatic carbocycles. The van der Waals surface area contributed by atoms with E-state index in [2.05, 4.69) is 24.5 Å². The van der Waals surface area contributed by atoms with Crippen LogP contribution in [0.25, 0.3) is 0 Å². The fraction of sp³-hybridized carbons (Fsp3) is 0.462. The van der Waals surface area contributed by atoms with Crippen molar-refractivity contribution in [2.24, 2.45) is 0 Å². The molecule has 3 nitrogen and oxygen atoms in total. The molecule has 0 aromatic heterocycles. The summed E-state index contributed by atoms with van der Waals surface area (Å²) in [5.41, 5.74) is 1.41. The lowest BCUT2D eigenvalue weighted by molar-refractivity contribution is -0.117. The van der Waals surface area contributed by atoms with Gasteiger partial charge in [0.1, 0.15) is 11.9 Å². The highest BCUT2D eigenvalue weighted by Crippen LogP contribution is 2.31. The number of halogens is 1. The minimum Gasteiger partial charge on any atom is -0.324 e. The lowest BCUT2D eigenvalue weighted by atomic mass is 10.1. The molecule has 0 saturated heterocycles. The lowest BCUT2D eigenvalue weighted by Crippen LogP contribution is -2.34. The Hall–Kier alpha value is -1.42. The summed E-state index contributed by atoms with van der Waals surface area (Å²) < 4.78 is 13.0. The second-order valence-corrected chi connectivity index (χ2v) is 4.51. The van der Waals surface area contributed by atoms with E-state index in [0.717, 1.165) is 18.4 Å². The van der Waals surface area contributed by atoms with Crippen LogP contribution in [0.1, 0.15) is 38.3 Å². The van der Waals surface area contributed by atoms with Crippen molar-refractivity contribution in [3.8, 4) is 0 Å². The van der Waals surface area contributed by atoms with E-state index >= 15 is 0 Å². The van der Waals surface area contributed by atoms with Gasteiger partial charge in [-0.15, -0.1) is 0 Å². The molecule has 2 rings (SSSR count). The molecule has 2 atom stereocenters. The number of rotatable bonds is 4. The Labute approximate surface area is 100 Å². The first-order chi connectivity index (χ1) is 8.11. The van der Waals surface area contributed by atoms with Crippen molar-refractivity contribution in [3.63, 3.8) is 0 Å². The highest BCUT2D eigenvalue weighted by Gasteiger charge is 2.31. The molecule has 1 aliphatic heterocycles. The quantitative estimate of drug-likeness (QED) is 0.843. The monoisotopic (exact) mass is 236 g/mol. The highest BCUT2D eigenvalue weighted by atomic mass is 19.1. The van der Waals surface area contributed by atoms with E-state index in [-0.39, 0.29) is 23.8 Å². The van der Waals surface area contributed by atoms with Crippen molar-refractivity contribution in [2.75, 3.05) is 5.32 Å². The average molecular weight is 236 g/mol. The summed E-state index contributed by atoms with van der Waals surface area (Å²) in [5.74, 6) is -0.431. The molecule has 1 heterocycles. The van der Waals surface area contributed by atoms with Gasteiger partial charge in [0.15, 0.2) is 0 Å². The molecule has 1 amide bonds. The fourth-order valence-corrected chi connectivity index (χ4v) is 2.20. The number of nitrogens with one attached hydrogen (secondary N) is 2. The summed E-state index contributed by atoms with van der Waals surface area (Å²) >= 11 is 0. The predicted octanol–water partition coefficient (Wildman–Crippen LogP) is 2.60. The normalized spacial score (nSPS) is 19.9. The minimum absolute atomic E-state index is 0.103. The number of hydrogen-bond donors (Lipinski definition) is 2. The molecule has 92 valence electrons. The van der Waals surface area contributed by atoms with E-state index in [0.29, 0.717) is 5.69 Å². The Morgan fingerprint density at radius 3 is 3.00 bits per heavy atom. The molecule has 0 saturated carbocycles. The van der Waals surface area contributed by atoms with Crippen LogP contribution in [-0.2, 0) is 4.79 Å². The molecule has 2 unspecified atom stereocenters. The van der Waals surface area contributed by atoms with Crippen LogP contribution in [-0.4, -0.2) is 11.9 Å². The van der Waals surface area contributed by atoms with Crippen molar-refractivity contribution >= 4 is 11.6 Å². The zero-order valence-electron chi connectivity index (χ0n) is 10.1. The maximum Gasteiger partial charge on any atom is 0.246 e. The molecule has 2 N–H and O–H groups in total. The highest BCUT2D eigenvalue weighted by molar-refractivity contribution is 6.02. The summed E-state index contributed by atoms with van der Waals surface area (Å²) in [6.45, 7) is 4.16. The van der Waals surface area contributed by atoms with E-state index in [1.807, 2.05) is 0 Å². The molecule has 0 spiro atoms. The van der Waals surface area contributed by atoms with E-state index in [9.17, 15) is 9.18 Å². The molecular formula is C13H17FN2O. The standard InChI is InChI=1S/C13H17FN2O/c1-3-4-8(2)15-12-10-6-5-9(14)7-11(10)16-13(12)17/h5-8,12,15H,3-4H2,1-2H3,(H,16,17). The molecule has 1 aromatic carbocycles. The number of carbonyl (C=O) groups is 1. The third kappa shape index (κ3) is 2.47. The molecule has 1 aromatic rings. The van der Waals surface area contributed by atoms with Crippen molar-refractivity contribution in [1.29, 1.82) is 0 Å². The topological polar surface area (TPSA) is 41.1 Å². The molecule has 0 radical (unpaired) electrons. The SMILES string of the molecule is CCCC(C)NC1C(=O)Nc2cc(F)ccc21. The van der Waals surface area contributed by atoms with Gasteiger partial charge in [-0.25, -0.2) is 4.39 Å². The number of benzene rings is 1. The van der Waals surface area contributed by atoms with E-state index < -0.39 is 0 Å². The van der Waals surface area contributed by atoms with Crippen LogP contribution in [0.3, 0.4) is 0 Å². The second kappa shape index (κ2) is 4.84. The van der Waals surface area contributed by atoms with Crippen LogP contribution in [0.5, 0.6) is 0 Å². The van der Waals surface area contributed by atoms with Gasteiger partial charge in [-0.2, -0.15) is 0 Å². The first-order valence-electron chi connectivity index (χ1n) is 5.98. The summed E-state index contributed by atoms with van der Waals surface area (Å²) in [6, 6.07) is 4.33. The zero-order chi connectivity index (χ0) is 12.4. The maximum atomic E-state index is 13.0. The molecule has 17 heavy (non-hydrogen) atoms. The summed E-state index contributed by atoms with van der Waals surface area (Å²) in [5, 5.41) is 5.97. The van der Waals surface area contributed by atoms with Crippen LogP contribution < -0.4 is 10.6 Å². The zero-order valence-corrected chi connectivity index (χ0v) is 10.1. The van der Waals surface area contributed by atoms with Crippen molar-refractivity contribution in [2.45, 2.75) is 38.8 Å². The number of fused-ring (bicyclic) bond motifs is 1. The van der Waals surface area contributed by atoms with Gasteiger partial charge in [0.25, 0.3) is 0 Å². The van der Waals surface area contributed by atoms with Gasteiger partial charge >= 0.3 is 0 Å².